The lowest BCUT2D eigenvalue weighted by molar-refractivity contribution is -0.119. The number of hydrogen-bond acceptors (Lipinski definition) is 4. The van der Waals surface area contributed by atoms with Gasteiger partial charge in [-0.05, 0) is 30.7 Å². The fourth-order valence-corrected chi connectivity index (χ4v) is 2.02. The number of amides is 1. The van der Waals surface area contributed by atoms with Gasteiger partial charge in [-0.15, -0.1) is 0 Å². The zero-order valence-electron chi connectivity index (χ0n) is 11.9. The van der Waals surface area contributed by atoms with Crippen molar-refractivity contribution in [3.63, 3.8) is 0 Å². The highest BCUT2D eigenvalue weighted by Gasteiger charge is 2.17. The molecule has 0 radical (unpaired) electrons. The second-order valence-electron chi connectivity index (χ2n) is 4.82. The molecular weight excluding hydrogens is 256 g/mol. The third-order valence-electron chi connectivity index (χ3n) is 3.03. The third-order valence-corrected chi connectivity index (χ3v) is 3.03. The molecule has 1 atom stereocenters. The molecular formula is C15H22N2O3. The largest absolute Gasteiger partial charge is 0.494 e. The first-order chi connectivity index (χ1) is 9.78. The molecule has 1 unspecified atom stereocenters. The lowest BCUT2D eigenvalue weighted by Crippen LogP contribution is -2.40. The minimum atomic E-state index is -0.0316. The second kappa shape index (κ2) is 7.87. The molecule has 5 heteroatoms. The summed E-state index contributed by atoms with van der Waals surface area (Å²) in [5, 5.41) is 6.08. The first kappa shape index (κ1) is 14.8. The predicted octanol–water partition coefficient (Wildman–Crippen LogP) is 1.79. The van der Waals surface area contributed by atoms with Gasteiger partial charge in [-0.2, -0.15) is 0 Å². The van der Waals surface area contributed by atoms with E-state index in [0.29, 0.717) is 19.6 Å². The first-order valence-electron chi connectivity index (χ1n) is 7.13. The maximum absolute atomic E-state index is 11.9. The van der Waals surface area contributed by atoms with Crippen LogP contribution in [0.5, 0.6) is 5.75 Å². The van der Waals surface area contributed by atoms with Gasteiger partial charge < -0.3 is 20.1 Å². The summed E-state index contributed by atoms with van der Waals surface area (Å²) in [6.07, 6.45) is 1.32. The molecule has 0 bridgehead atoms. The predicted molar refractivity (Wildman–Crippen MR) is 78.1 cm³/mol. The standard InChI is InChI=1S/C15H22N2O3/c1-2-8-19-13-5-3-12(4-6-13)17-15(18)10-14-11-16-7-9-20-14/h3-6,14,16H,2,7-11H2,1H3,(H,17,18). The van der Waals surface area contributed by atoms with Crippen molar-refractivity contribution in [1.29, 1.82) is 0 Å². The molecule has 0 saturated carbocycles. The number of ether oxygens (including phenoxy) is 2. The van der Waals surface area contributed by atoms with E-state index in [1.165, 1.54) is 0 Å². The lowest BCUT2D eigenvalue weighted by Gasteiger charge is -2.23. The number of benzene rings is 1. The molecule has 0 aliphatic carbocycles. The Morgan fingerprint density at radius 2 is 2.25 bits per heavy atom. The Labute approximate surface area is 119 Å². The van der Waals surface area contributed by atoms with Crippen LogP contribution in [-0.4, -0.2) is 38.3 Å². The lowest BCUT2D eigenvalue weighted by atomic mass is 10.2. The van der Waals surface area contributed by atoms with Crippen molar-refractivity contribution < 1.29 is 14.3 Å². The minimum absolute atomic E-state index is 0.0269. The van der Waals surface area contributed by atoms with Gasteiger partial charge in [0.2, 0.25) is 5.91 Å². The summed E-state index contributed by atoms with van der Waals surface area (Å²) in [6, 6.07) is 7.43. The Bertz CT molecular complexity index is 414. The average molecular weight is 278 g/mol. The molecule has 110 valence electrons. The Hall–Kier alpha value is -1.59. The van der Waals surface area contributed by atoms with E-state index >= 15 is 0 Å². The summed E-state index contributed by atoms with van der Waals surface area (Å²) in [4.78, 5) is 11.9. The fourth-order valence-electron chi connectivity index (χ4n) is 2.02. The van der Waals surface area contributed by atoms with Crippen molar-refractivity contribution >= 4 is 11.6 Å². The Kier molecular flexibility index (Phi) is 5.83. The molecule has 20 heavy (non-hydrogen) atoms. The fraction of sp³-hybridized carbons (Fsp3) is 0.533. The summed E-state index contributed by atoms with van der Waals surface area (Å²) >= 11 is 0. The van der Waals surface area contributed by atoms with Crippen LogP contribution in [0.25, 0.3) is 0 Å². The summed E-state index contributed by atoms with van der Waals surface area (Å²) in [5.41, 5.74) is 0.780. The Morgan fingerprint density at radius 3 is 2.90 bits per heavy atom. The summed E-state index contributed by atoms with van der Waals surface area (Å²) in [5.74, 6) is 0.797. The van der Waals surface area contributed by atoms with E-state index in [-0.39, 0.29) is 12.0 Å². The normalized spacial score (nSPS) is 18.6. The van der Waals surface area contributed by atoms with Gasteiger partial charge in [0.25, 0.3) is 0 Å². The molecule has 1 heterocycles. The number of rotatable bonds is 6. The smallest absolute Gasteiger partial charge is 0.227 e. The second-order valence-corrected chi connectivity index (χ2v) is 4.82. The van der Waals surface area contributed by atoms with Crippen molar-refractivity contribution in [3.8, 4) is 5.75 Å². The molecule has 0 aromatic heterocycles. The van der Waals surface area contributed by atoms with Gasteiger partial charge in [0, 0.05) is 18.8 Å². The van der Waals surface area contributed by atoms with Gasteiger partial charge in [-0.3, -0.25) is 4.79 Å². The number of hydrogen-bond donors (Lipinski definition) is 2. The Morgan fingerprint density at radius 1 is 1.45 bits per heavy atom. The van der Waals surface area contributed by atoms with Crippen molar-refractivity contribution in [2.24, 2.45) is 0 Å². The maximum Gasteiger partial charge on any atom is 0.227 e. The quantitative estimate of drug-likeness (QED) is 0.833. The number of nitrogens with one attached hydrogen (secondary N) is 2. The highest BCUT2D eigenvalue weighted by Crippen LogP contribution is 2.16. The topological polar surface area (TPSA) is 59.6 Å². The summed E-state index contributed by atoms with van der Waals surface area (Å²) in [7, 11) is 0. The zero-order chi connectivity index (χ0) is 14.2. The number of morpholine rings is 1. The van der Waals surface area contributed by atoms with Crippen LogP contribution in [0.15, 0.2) is 24.3 Å². The molecule has 1 aromatic carbocycles. The number of anilines is 1. The zero-order valence-corrected chi connectivity index (χ0v) is 11.9. The van der Waals surface area contributed by atoms with Gasteiger partial charge in [0.1, 0.15) is 5.75 Å². The van der Waals surface area contributed by atoms with Crippen LogP contribution in [0.3, 0.4) is 0 Å². The van der Waals surface area contributed by atoms with E-state index in [4.69, 9.17) is 9.47 Å². The van der Waals surface area contributed by atoms with Crippen molar-refractivity contribution in [2.45, 2.75) is 25.9 Å². The van der Waals surface area contributed by atoms with Gasteiger partial charge in [0.05, 0.1) is 25.7 Å². The number of carbonyl (C=O) groups excluding carboxylic acids is 1. The van der Waals surface area contributed by atoms with Gasteiger partial charge in [0.15, 0.2) is 0 Å². The molecule has 2 N–H and O–H groups in total. The van der Waals surface area contributed by atoms with Crippen molar-refractivity contribution in [2.75, 3.05) is 31.6 Å². The van der Waals surface area contributed by atoms with E-state index < -0.39 is 0 Å². The van der Waals surface area contributed by atoms with Crippen molar-refractivity contribution in [1.82, 2.24) is 5.32 Å². The highest BCUT2D eigenvalue weighted by atomic mass is 16.5. The van der Waals surface area contributed by atoms with E-state index in [2.05, 4.69) is 17.6 Å². The van der Waals surface area contributed by atoms with Gasteiger partial charge in [-0.1, -0.05) is 6.92 Å². The molecule has 1 aromatic rings. The molecule has 5 nitrogen and oxygen atoms in total. The van der Waals surface area contributed by atoms with Crippen molar-refractivity contribution in [3.05, 3.63) is 24.3 Å². The van der Waals surface area contributed by atoms with E-state index in [9.17, 15) is 4.79 Å². The maximum atomic E-state index is 11.9. The average Bonchev–Trinajstić information content (AvgIpc) is 2.47. The molecule has 1 aliphatic rings. The molecule has 1 fully saturated rings. The molecule has 1 aliphatic heterocycles. The third kappa shape index (κ3) is 4.83. The first-order valence-corrected chi connectivity index (χ1v) is 7.13. The van der Waals surface area contributed by atoms with E-state index in [1.807, 2.05) is 24.3 Å². The van der Waals surface area contributed by atoms with Crippen LogP contribution >= 0.6 is 0 Å². The monoisotopic (exact) mass is 278 g/mol. The van der Waals surface area contributed by atoms with Gasteiger partial charge in [-0.25, -0.2) is 0 Å². The SMILES string of the molecule is CCCOc1ccc(NC(=O)CC2CNCCO2)cc1. The number of carbonyl (C=O) groups is 1. The highest BCUT2D eigenvalue weighted by molar-refractivity contribution is 5.91. The van der Waals surface area contributed by atoms with Crippen LogP contribution in [0.2, 0.25) is 0 Å². The van der Waals surface area contributed by atoms with Crippen LogP contribution in [0.4, 0.5) is 5.69 Å². The summed E-state index contributed by atoms with van der Waals surface area (Å²) < 4.78 is 11.0. The van der Waals surface area contributed by atoms with Crippen LogP contribution in [0.1, 0.15) is 19.8 Å². The molecule has 2 rings (SSSR count). The van der Waals surface area contributed by atoms with Crippen LogP contribution in [0, 0.1) is 0 Å². The summed E-state index contributed by atoms with van der Waals surface area (Å²) in [6.45, 7) is 5.03. The van der Waals surface area contributed by atoms with E-state index in [0.717, 1.165) is 30.9 Å². The van der Waals surface area contributed by atoms with Gasteiger partial charge >= 0.3 is 0 Å². The Balaban J connectivity index is 1.78. The minimum Gasteiger partial charge on any atom is -0.494 e. The van der Waals surface area contributed by atoms with E-state index in [1.54, 1.807) is 0 Å². The molecule has 0 spiro atoms. The van der Waals surface area contributed by atoms with Crippen LogP contribution in [-0.2, 0) is 9.53 Å². The molecule has 1 amide bonds. The van der Waals surface area contributed by atoms with Crippen LogP contribution < -0.4 is 15.4 Å². The molecule has 1 saturated heterocycles.